The van der Waals surface area contributed by atoms with Crippen molar-refractivity contribution in [2.45, 2.75) is 32.6 Å². The summed E-state index contributed by atoms with van der Waals surface area (Å²) >= 11 is 0. The normalized spacial score (nSPS) is 15.6. The fourth-order valence-electron chi connectivity index (χ4n) is 2.07. The first-order valence-corrected chi connectivity index (χ1v) is 4.92. The van der Waals surface area contributed by atoms with Crippen LogP contribution in [0, 0.1) is 0 Å². The van der Waals surface area contributed by atoms with Gasteiger partial charge in [0.15, 0.2) is 0 Å². The molecule has 1 nitrogen and oxygen atoms in total. The standard InChI is InChI=1S/C12H14O/c1-2-9-4-3-5-10-8-11(13)6-7-12(9)10/h3-5H,2,6-8H2,1H3. The maximum Gasteiger partial charge on any atom is 0.137 e. The van der Waals surface area contributed by atoms with Crippen molar-refractivity contribution in [3.05, 3.63) is 34.9 Å². The van der Waals surface area contributed by atoms with Gasteiger partial charge in [-0.1, -0.05) is 25.1 Å². The van der Waals surface area contributed by atoms with Crippen molar-refractivity contribution in [3.63, 3.8) is 0 Å². The lowest BCUT2D eigenvalue weighted by Gasteiger charge is -2.17. The molecule has 0 N–H and O–H groups in total. The summed E-state index contributed by atoms with van der Waals surface area (Å²) in [4.78, 5) is 11.2. The molecular weight excluding hydrogens is 160 g/mol. The van der Waals surface area contributed by atoms with Gasteiger partial charge in [0.25, 0.3) is 0 Å². The lowest BCUT2D eigenvalue weighted by molar-refractivity contribution is -0.118. The number of fused-ring (bicyclic) bond motifs is 1. The van der Waals surface area contributed by atoms with Crippen molar-refractivity contribution in [2.75, 3.05) is 0 Å². The molecule has 0 bridgehead atoms. The molecule has 1 heteroatoms. The summed E-state index contributed by atoms with van der Waals surface area (Å²) in [7, 11) is 0. The molecule has 0 atom stereocenters. The Morgan fingerprint density at radius 3 is 2.92 bits per heavy atom. The van der Waals surface area contributed by atoms with Gasteiger partial charge in [-0.25, -0.2) is 0 Å². The molecule has 1 aliphatic carbocycles. The van der Waals surface area contributed by atoms with E-state index in [1.54, 1.807) is 0 Å². The predicted molar refractivity (Wildman–Crippen MR) is 52.9 cm³/mol. The third kappa shape index (κ3) is 1.51. The van der Waals surface area contributed by atoms with E-state index >= 15 is 0 Å². The summed E-state index contributed by atoms with van der Waals surface area (Å²) in [5, 5.41) is 0. The van der Waals surface area contributed by atoms with E-state index in [1.165, 1.54) is 16.7 Å². The van der Waals surface area contributed by atoms with Gasteiger partial charge in [-0.3, -0.25) is 4.79 Å². The zero-order chi connectivity index (χ0) is 9.26. The highest BCUT2D eigenvalue weighted by molar-refractivity contribution is 5.83. The maximum absolute atomic E-state index is 11.2. The Kier molecular flexibility index (Phi) is 2.17. The third-order valence-electron chi connectivity index (χ3n) is 2.79. The molecule has 1 aromatic carbocycles. The topological polar surface area (TPSA) is 17.1 Å². The average molecular weight is 174 g/mol. The Labute approximate surface area is 78.8 Å². The molecule has 0 saturated heterocycles. The zero-order valence-electron chi connectivity index (χ0n) is 7.97. The van der Waals surface area contributed by atoms with E-state index in [0.717, 1.165) is 19.3 Å². The van der Waals surface area contributed by atoms with Crippen molar-refractivity contribution < 1.29 is 4.79 Å². The van der Waals surface area contributed by atoms with Crippen molar-refractivity contribution in [1.82, 2.24) is 0 Å². The molecule has 0 radical (unpaired) electrons. The molecule has 0 spiro atoms. The van der Waals surface area contributed by atoms with Crippen LogP contribution in [0.2, 0.25) is 0 Å². The van der Waals surface area contributed by atoms with E-state index in [1.807, 2.05) is 0 Å². The van der Waals surface area contributed by atoms with Crippen LogP contribution in [-0.4, -0.2) is 5.78 Å². The molecule has 2 rings (SSSR count). The summed E-state index contributed by atoms with van der Waals surface area (Å²) in [5.74, 6) is 0.390. The second-order valence-electron chi connectivity index (χ2n) is 3.62. The van der Waals surface area contributed by atoms with E-state index < -0.39 is 0 Å². The van der Waals surface area contributed by atoms with Gasteiger partial charge in [-0.05, 0) is 29.5 Å². The zero-order valence-corrected chi connectivity index (χ0v) is 7.97. The molecule has 0 aromatic heterocycles. The number of aryl methyl sites for hydroxylation is 1. The number of hydrogen-bond acceptors (Lipinski definition) is 1. The van der Waals surface area contributed by atoms with Gasteiger partial charge in [0.05, 0.1) is 0 Å². The minimum atomic E-state index is 0.390. The highest BCUT2D eigenvalue weighted by atomic mass is 16.1. The van der Waals surface area contributed by atoms with Gasteiger partial charge in [0.2, 0.25) is 0 Å². The average Bonchev–Trinajstić information content (AvgIpc) is 2.16. The Morgan fingerprint density at radius 2 is 2.15 bits per heavy atom. The first-order chi connectivity index (χ1) is 6.31. The van der Waals surface area contributed by atoms with E-state index in [2.05, 4.69) is 25.1 Å². The maximum atomic E-state index is 11.2. The molecule has 68 valence electrons. The first kappa shape index (κ1) is 8.49. The van der Waals surface area contributed by atoms with Crippen molar-refractivity contribution in [3.8, 4) is 0 Å². The van der Waals surface area contributed by atoms with Crippen LogP contribution in [0.15, 0.2) is 18.2 Å². The van der Waals surface area contributed by atoms with Gasteiger partial charge in [0.1, 0.15) is 5.78 Å². The molecule has 1 aliphatic rings. The summed E-state index contributed by atoms with van der Waals surface area (Å²) in [6.07, 6.45) is 3.43. The van der Waals surface area contributed by atoms with E-state index in [0.29, 0.717) is 12.2 Å². The monoisotopic (exact) mass is 174 g/mol. The molecule has 13 heavy (non-hydrogen) atoms. The second-order valence-corrected chi connectivity index (χ2v) is 3.62. The SMILES string of the molecule is CCc1cccc2c1CCC(=O)C2. The largest absolute Gasteiger partial charge is 0.299 e. The van der Waals surface area contributed by atoms with Crippen LogP contribution in [0.4, 0.5) is 0 Å². The van der Waals surface area contributed by atoms with Gasteiger partial charge in [-0.15, -0.1) is 0 Å². The van der Waals surface area contributed by atoms with Gasteiger partial charge >= 0.3 is 0 Å². The highest BCUT2D eigenvalue weighted by Crippen LogP contribution is 2.22. The molecular formula is C12H14O. The summed E-state index contributed by atoms with van der Waals surface area (Å²) in [6, 6.07) is 6.33. The van der Waals surface area contributed by atoms with E-state index in [4.69, 9.17) is 0 Å². The highest BCUT2D eigenvalue weighted by Gasteiger charge is 2.16. The van der Waals surface area contributed by atoms with Crippen LogP contribution < -0.4 is 0 Å². The summed E-state index contributed by atoms with van der Waals surface area (Å²) < 4.78 is 0. The minimum absolute atomic E-state index is 0.390. The van der Waals surface area contributed by atoms with Crippen LogP contribution in [0.5, 0.6) is 0 Å². The van der Waals surface area contributed by atoms with E-state index in [-0.39, 0.29) is 0 Å². The minimum Gasteiger partial charge on any atom is -0.299 e. The fourth-order valence-corrected chi connectivity index (χ4v) is 2.07. The fraction of sp³-hybridized carbons (Fsp3) is 0.417. The number of carbonyl (C=O) groups excluding carboxylic acids is 1. The smallest absolute Gasteiger partial charge is 0.137 e. The lowest BCUT2D eigenvalue weighted by atomic mass is 9.87. The first-order valence-electron chi connectivity index (χ1n) is 4.92. The van der Waals surface area contributed by atoms with Crippen molar-refractivity contribution >= 4 is 5.78 Å². The van der Waals surface area contributed by atoms with Crippen LogP contribution in [0.25, 0.3) is 0 Å². The Morgan fingerprint density at radius 1 is 1.31 bits per heavy atom. The molecule has 0 saturated carbocycles. The molecule has 0 heterocycles. The summed E-state index contributed by atoms with van der Waals surface area (Å²) in [6.45, 7) is 2.17. The number of rotatable bonds is 1. The number of ketones is 1. The van der Waals surface area contributed by atoms with Gasteiger partial charge < -0.3 is 0 Å². The number of carbonyl (C=O) groups is 1. The quantitative estimate of drug-likeness (QED) is 0.638. The van der Waals surface area contributed by atoms with Gasteiger partial charge in [-0.2, -0.15) is 0 Å². The lowest BCUT2D eigenvalue weighted by Crippen LogP contribution is -2.14. The summed E-state index contributed by atoms with van der Waals surface area (Å²) in [5.41, 5.74) is 4.12. The van der Waals surface area contributed by atoms with Crippen LogP contribution >= 0.6 is 0 Å². The van der Waals surface area contributed by atoms with Gasteiger partial charge in [0, 0.05) is 12.8 Å². The molecule has 0 fully saturated rings. The molecule has 0 amide bonds. The molecule has 1 aromatic rings. The molecule has 0 aliphatic heterocycles. The number of benzene rings is 1. The van der Waals surface area contributed by atoms with Crippen molar-refractivity contribution in [2.24, 2.45) is 0 Å². The Balaban J connectivity index is 2.45. The predicted octanol–water partition coefficient (Wildman–Crippen LogP) is 2.31. The Bertz CT molecular complexity index is 339. The van der Waals surface area contributed by atoms with Crippen LogP contribution in [-0.2, 0) is 24.1 Å². The van der Waals surface area contributed by atoms with Crippen LogP contribution in [0.1, 0.15) is 30.0 Å². The number of hydrogen-bond donors (Lipinski definition) is 0. The van der Waals surface area contributed by atoms with Crippen LogP contribution in [0.3, 0.4) is 0 Å². The molecule has 0 unspecified atom stereocenters. The van der Waals surface area contributed by atoms with E-state index in [9.17, 15) is 4.79 Å². The van der Waals surface area contributed by atoms with Crippen molar-refractivity contribution in [1.29, 1.82) is 0 Å². The Hall–Kier alpha value is -1.11. The number of Topliss-reactive ketones (excluding diaryl/α,β-unsaturated/α-hetero) is 1. The second kappa shape index (κ2) is 3.33. The third-order valence-corrected chi connectivity index (χ3v) is 2.79.